The van der Waals surface area contributed by atoms with Crippen LogP contribution in [0.1, 0.15) is 18.2 Å². The van der Waals surface area contributed by atoms with Crippen molar-refractivity contribution in [3.8, 4) is 33.4 Å². The highest BCUT2D eigenvalue weighted by molar-refractivity contribution is 6.22. The van der Waals surface area contributed by atoms with E-state index in [1.807, 2.05) is 25.2 Å². The molecule has 0 saturated carbocycles. The van der Waals surface area contributed by atoms with Crippen molar-refractivity contribution in [2.45, 2.75) is 6.92 Å². The van der Waals surface area contributed by atoms with E-state index in [1.54, 1.807) is 0 Å². The van der Waals surface area contributed by atoms with E-state index in [9.17, 15) is 0 Å². The highest BCUT2D eigenvalue weighted by Gasteiger charge is 2.19. The number of fused-ring (bicyclic) bond motifs is 8. The first kappa shape index (κ1) is 29.3. The van der Waals surface area contributed by atoms with Crippen molar-refractivity contribution in [2.75, 3.05) is 0 Å². The predicted octanol–water partition coefficient (Wildman–Crippen LogP) is 14.5. The fourth-order valence-electron chi connectivity index (χ4n) is 8.04. The summed E-state index contributed by atoms with van der Waals surface area (Å²) in [5.41, 5.74) is 10.8. The van der Waals surface area contributed by atoms with Crippen LogP contribution in [0.5, 0.6) is 0 Å². The van der Waals surface area contributed by atoms with E-state index in [0.29, 0.717) is 0 Å². The Labute approximate surface area is 295 Å². The Morgan fingerprint density at radius 2 is 1.04 bits per heavy atom. The maximum Gasteiger partial charge on any atom is 0.143 e. The Hall–Kier alpha value is -6.64. The van der Waals surface area contributed by atoms with Gasteiger partial charge in [-0.1, -0.05) is 134 Å². The Morgan fingerprint density at radius 1 is 0.451 bits per heavy atom. The van der Waals surface area contributed by atoms with E-state index in [4.69, 9.17) is 8.83 Å². The molecule has 0 aliphatic rings. The number of hydrogen-bond donors (Lipinski definition) is 0. The molecular weight excluding hydrogens is 621 g/mol. The number of rotatable bonds is 5. The van der Waals surface area contributed by atoms with Crippen molar-refractivity contribution in [1.82, 2.24) is 0 Å². The lowest BCUT2D eigenvalue weighted by Gasteiger charge is -2.18. The summed E-state index contributed by atoms with van der Waals surface area (Å²) in [4.78, 5) is 0. The Bertz CT molecular complexity index is 2980. The largest absolute Gasteiger partial charge is 0.456 e. The molecule has 240 valence electrons. The van der Waals surface area contributed by atoms with Crippen LogP contribution in [0, 0.1) is 0 Å². The molecule has 0 amide bonds. The van der Waals surface area contributed by atoms with Crippen LogP contribution < -0.4 is 0 Å². The highest BCUT2D eigenvalue weighted by atomic mass is 16.3. The standard InChI is InChI=1S/C49H32O2/c1-3-11-44-35(4-2)43-28-33(24-27-45(43)50-44)30-18-20-32(21-19-30)47-38-14-7-9-16-40(38)48(41-17-10-8-15-39(41)47)34-23-25-37-42-26-22-31-12-5-6-13-36(31)49(42)51-46(37)29-34/h3-29H,2H2,1H3/b11-3-. The maximum atomic E-state index is 6.63. The molecule has 2 aromatic heterocycles. The van der Waals surface area contributed by atoms with Crippen molar-refractivity contribution in [3.05, 3.63) is 170 Å². The summed E-state index contributed by atoms with van der Waals surface area (Å²) >= 11 is 0. The molecule has 0 atom stereocenters. The minimum atomic E-state index is 0.836. The number of allylic oxidation sites excluding steroid dienone is 1. The fourth-order valence-corrected chi connectivity index (χ4v) is 8.04. The van der Waals surface area contributed by atoms with Gasteiger partial charge in [0.1, 0.15) is 22.5 Å². The van der Waals surface area contributed by atoms with Gasteiger partial charge in [0, 0.05) is 27.1 Å². The van der Waals surface area contributed by atoms with Gasteiger partial charge in [0.25, 0.3) is 0 Å². The van der Waals surface area contributed by atoms with Gasteiger partial charge in [0.2, 0.25) is 0 Å². The quantitative estimate of drug-likeness (QED) is 0.173. The molecule has 0 spiro atoms. The van der Waals surface area contributed by atoms with E-state index in [1.165, 1.54) is 43.6 Å². The highest BCUT2D eigenvalue weighted by Crippen LogP contribution is 2.45. The summed E-state index contributed by atoms with van der Waals surface area (Å²) < 4.78 is 12.7. The predicted molar refractivity (Wildman–Crippen MR) is 217 cm³/mol. The van der Waals surface area contributed by atoms with Gasteiger partial charge in [0.05, 0.1) is 0 Å². The van der Waals surface area contributed by atoms with Gasteiger partial charge in [-0.3, -0.25) is 0 Å². The molecule has 0 fully saturated rings. The molecular formula is C49H32O2. The average molecular weight is 653 g/mol. The fraction of sp³-hybridized carbons (Fsp3) is 0.0204. The zero-order valence-corrected chi connectivity index (χ0v) is 28.1. The summed E-state index contributed by atoms with van der Waals surface area (Å²) in [6.07, 6.45) is 5.86. The van der Waals surface area contributed by atoms with E-state index < -0.39 is 0 Å². The number of furan rings is 2. The molecule has 0 unspecified atom stereocenters. The smallest absolute Gasteiger partial charge is 0.143 e. The summed E-state index contributed by atoms with van der Waals surface area (Å²) in [7, 11) is 0. The topological polar surface area (TPSA) is 26.3 Å². The third-order valence-corrected chi connectivity index (χ3v) is 10.4. The third kappa shape index (κ3) is 4.50. The Morgan fingerprint density at radius 3 is 1.73 bits per heavy atom. The first-order chi connectivity index (χ1) is 25.2. The molecule has 8 aromatic carbocycles. The molecule has 0 N–H and O–H groups in total. The van der Waals surface area contributed by atoms with Gasteiger partial charge >= 0.3 is 0 Å². The monoisotopic (exact) mass is 652 g/mol. The van der Waals surface area contributed by atoms with Crippen LogP contribution in [0.25, 0.3) is 111 Å². The van der Waals surface area contributed by atoms with Crippen LogP contribution >= 0.6 is 0 Å². The van der Waals surface area contributed by atoms with Crippen LogP contribution in [0.2, 0.25) is 0 Å². The number of hydrogen-bond acceptors (Lipinski definition) is 2. The summed E-state index contributed by atoms with van der Waals surface area (Å²) in [6.45, 7) is 6.05. The van der Waals surface area contributed by atoms with Crippen LogP contribution in [-0.4, -0.2) is 0 Å². The van der Waals surface area contributed by atoms with E-state index in [-0.39, 0.29) is 0 Å². The second kappa shape index (κ2) is 11.5. The molecule has 2 heteroatoms. The average Bonchev–Trinajstić information content (AvgIpc) is 3.74. The molecule has 10 aromatic rings. The Kier molecular flexibility index (Phi) is 6.59. The van der Waals surface area contributed by atoms with Gasteiger partial charge in [-0.25, -0.2) is 0 Å². The molecule has 0 bridgehead atoms. The maximum absolute atomic E-state index is 6.63. The lowest BCUT2D eigenvalue weighted by molar-refractivity contribution is 0.603. The molecule has 0 aliphatic heterocycles. The summed E-state index contributed by atoms with van der Waals surface area (Å²) in [5.74, 6) is 0.836. The first-order valence-electron chi connectivity index (χ1n) is 17.4. The van der Waals surface area contributed by atoms with Crippen molar-refractivity contribution >= 4 is 77.4 Å². The van der Waals surface area contributed by atoms with Gasteiger partial charge < -0.3 is 8.83 Å². The van der Waals surface area contributed by atoms with Crippen LogP contribution in [0.3, 0.4) is 0 Å². The van der Waals surface area contributed by atoms with Crippen molar-refractivity contribution in [2.24, 2.45) is 0 Å². The van der Waals surface area contributed by atoms with Crippen LogP contribution in [0.4, 0.5) is 0 Å². The second-order valence-corrected chi connectivity index (χ2v) is 13.2. The molecule has 0 radical (unpaired) electrons. The minimum Gasteiger partial charge on any atom is -0.456 e. The van der Waals surface area contributed by atoms with Crippen molar-refractivity contribution < 1.29 is 8.83 Å². The second-order valence-electron chi connectivity index (χ2n) is 13.2. The van der Waals surface area contributed by atoms with E-state index >= 15 is 0 Å². The first-order valence-corrected chi connectivity index (χ1v) is 17.4. The number of benzene rings is 8. The van der Waals surface area contributed by atoms with Crippen molar-refractivity contribution in [1.29, 1.82) is 0 Å². The van der Waals surface area contributed by atoms with Crippen molar-refractivity contribution in [3.63, 3.8) is 0 Å². The van der Waals surface area contributed by atoms with Gasteiger partial charge in [0.15, 0.2) is 0 Å². The summed E-state index contributed by atoms with van der Waals surface area (Å²) in [5, 5.41) is 10.6. The molecule has 2 heterocycles. The summed E-state index contributed by atoms with van der Waals surface area (Å²) in [6, 6.07) is 52.5. The molecule has 0 saturated heterocycles. The zero-order chi connectivity index (χ0) is 34.1. The third-order valence-electron chi connectivity index (χ3n) is 10.4. The lowest BCUT2D eigenvalue weighted by Crippen LogP contribution is -1.91. The minimum absolute atomic E-state index is 0.836. The molecule has 51 heavy (non-hydrogen) atoms. The molecule has 0 aliphatic carbocycles. The SMILES string of the molecule is C=Cc1c(/C=C\C)oc2ccc(-c3ccc(-c4c5ccccc5c(-c5ccc6c(c5)oc5c7ccccc7ccc65)c5ccccc45)cc3)cc12. The van der Waals surface area contributed by atoms with E-state index in [2.05, 4.69) is 152 Å². The van der Waals surface area contributed by atoms with Gasteiger partial charge in [-0.05, 0) is 104 Å². The molecule has 10 rings (SSSR count). The normalized spacial score (nSPS) is 12.0. The van der Waals surface area contributed by atoms with Gasteiger partial charge in [-0.2, -0.15) is 0 Å². The Balaban J connectivity index is 1.13. The molecule has 2 nitrogen and oxygen atoms in total. The van der Waals surface area contributed by atoms with Crippen LogP contribution in [0.15, 0.2) is 167 Å². The lowest BCUT2D eigenvalue weighted by atomic mass is 9.85. The zero-order valence-electron chi connectivity index (χ0n) is 28.1. The van der Waals surface area contributed by atoms with Crippen LogP contribution in [-0.2, 0) is 0 Å². The van der Waals surface area contributed by atoms with E-state index in [0.717, 1.165) is 66.3 Å². The van der Waals surface area contributed by atoms with Gasteiger partial charge in [-0.15, -0.1) is 0 Å².